The van der Waals surface area contributed by atoms with Gasteiger partial charge < -0.3 is 29.7 Å². The highest BCUT2D eigenvalue weighted by molar-refractivity contribution is 7.91. The number of carbonyl (C=O) groups is 4. The number of sulfonamides is 1. The molecule has 60 heavy (non-hydrogen) atoms. The molecule has 0 spiro atoms. The molecular formula is C38H44F6N6O9S. The van der Waals surface area contributed by atoms with E-state index in [1.54, 1.807) is 12.2 Å². The van der Waals surface area contributed by atoms with Gasteiger partial charge in [0.25, 0.3) is 5.91 Å². The number of allylic oxidation sites excluding steroid dienone is 1. The van der Waals surface area contributed by atoms with Crippen molar-refractivity contribution in [2.24, 2.45) is 5.92 Å². The fraction of sp³-hybridized carbons (Fsp3) is 0.632. The molecule has 5 aliphatic rings. The van der Waals surface area contributed by atoms with E-state index in [2.05, 4.69) is 25.3 Å². The van der Waals surface area contributed by atoms with Crippen molar-refractivity contribution in [3.8, 4) is 11.6 Å². The highest BCUT2D eigenvalue weighted by Gasteiger charge is 2.64. The summed E-state index contributed by atoms with van der Waals surface area (Å²) in [6, 6.07) is 0.802. The summed E-state index contributed by atoms with van der Waals surface area (Å²) in [7, 11) is -2.84. The lowest BCUT2D eigenvalue weighted by Crippen LogP contribution is -2.59. The van der Waals surface area contributed by atoms with E-state index in [0.717, 1.165) is 4.90 Å². The minimum absolute atomic E-state index is 0.0179. The smallest absolute Gasteiger partial charge is 0.438 e. The van der Waals surface area contributed by atoms with Crippen LogP contribution < -0.4 is 24.8 Å². The number of hydrogen-bond acceptors (Lipinski definition) is 11. The first-order valence-electron chi connectivity index (χ1n) is 19.6. The minimum atomic E-state index is -5.08. The van der Waals surface area contributed by atoms with Crippen LogP contribution in [-0.4, -0.2) is 101 Å². The van der Waals surface area contributed by atoms with Gasteiger partial charge in [0.05, 0.1) is 29.4 Å². The van der Waals surface area contributed by atoms with E-state index in [1.807, 2.05) is 0 Å². The van der Waals surface area contributed by atoms with Crippen LogP contribution in [-0.2, 0) is 35.3 Å². The van der Waals surface area contributed by atoms with E-state index in [4.69, 9.17) is 14.2 Å². The number of nitrogens with zero attached hydrogens (tertiary/aromatic N) is 3. The summed E-state index contributed by atoms with van der Waals surface area (Å²) in [4.78, 5) is 64.4. The first-order valence-corrected chi connectivity index (χ1v) is 21.1. The maximum absolute atomic E-state index is 14.5. The number of amides is 4. The number of hydrogen-bond donors (Lipinski definition) is 3. The average Bonchev–Trinajstić information content (AvgIpc) is 4.03. The molecule has 3 N–H and O–H groups in total. The third kappa shape index (κ3) is 8.39. The summed E-state index contributed by atoms with van der Waals surface area (Å²) in [5.74, 6) is -4.40. The Morgan fingerprint density at radius 2 is 1.72 bits per heavy atom. The van der Waals surface area contributed by atoms with Gasteiger partial charge in [0.1, 0.15) is 29.5 Å². The number of alkyl halides is 6. The first-order chi connectivity index (χ1) is 28.1. The van der Waals surface area contributed by atoms with Gasteiger partial charge >= 0.3 is 18.4 Å². The van der Waals surface area contributed by atoms with Gasteiger partial charge in [-0.15, -0.1) is 0 Å². The number of aromatic nitrogens is 2. The zero-order chi connectivity index (χ0) is 43.5. The minimum Gasteiger partial charge on any atom is -0.497 e. The molecule has 0 radical (unpaired) electrons. The van der Waals surface area contributed by atoms with Crippen molar-refractivity contribution in [2.75, 3.05) is 13.7 Å². The van der Waals surface area contributed by atoms with Crippen LogP contribution in [0, 0.1) is 5.92 Å². The molecule has 3 aliphatic carbocycles. The monoisotopic (exact) mass is 874 g/mol. The number of ether oxygens (including phenoxy) is 3. The third-order valence-corrected chi connectivity index (χ3v) is 14.3. The zero-order valence-corrected chi connectivity index (χ0v) is 33.4. The Bertz CT molecular complexity index is 2200. The van der Waals surface area contributed by atoms with E-state index in [0.29, 0.717) is 32.1 Å². The molecule has 5 atom stereocenters. The maximum Gasteiger partial charge on any atom is 0.438 e. The first kappa shape index (κ1) is 43.2. The molecular weight excluding hydrogens is 831 g/mol. The number of carbonyl (C=O) groups excluding carboxylic acids is 4. The average molecular weight is 875 g/mol. The van der Waals surface area contributed by atoms with Crippen LogP contribution in [0.2, 0.25) is 0 Å². The zero-order valence-electron chi connectivity index (χ0n) is 32.6. The van der Waals surface area contributed by atoms with E-state index in [9.17, 15) is 53.9 Å². The van der Waals surface area contributed by atoms with Crippen LogP contribution in [0.15, 0.2) is 30.4 Å². The van der Waals surface area contributed by atoms with Gasteiger partial charge in [-0.3, -0.25) is 19.1 Å². The molecule has 1 aromatic carbocycles. The Balaban J connectivity index is 1.22. The lowest BCUT2D eigenvalue weighted by atomic mass is 9.79. The second-order valence-corrected chi connectivity index (χ2v) is 18.6. The van der Waals surface area contributed by atoms with Crippen LogP contribution in [0.4, 0.5) is 31.1 Å². The summed E-state index contributed by atoms with van der Waals surface area (Å²) < 4.78 is 128. The largest absolute Gasteiger partial charge is 0.497 e. The number of halogens is 6. The molecule has 4 amide bonds. The molecule has 7 rings (SSSR count). The van der Waals surface area contributed by atoms with Crippen LogP contribution >= 0.6 is 0 Å². The van der Waals surface area contributed by atoms with Crippen molar-refractivity contribution in [2.45, 2.75) is 130 Å². The van der Waals surface area contributed by atoms with Crippen LogP contribution in [0.25, 0.3) is 11.0 Å². The Morgan fingerprint density at radius 1 is 0.983 bits per heavy atom. The summed E-state index contributed by atoms with van der Waals surface area (Å²) in [5, 5.41) is 4.87. The fourth-order valence-corrected chi connectivity index (χ4v) is 9.12. The second kappa shape index (κ2) is 15.5. The predicted octanol–water partition coefficient (Wildman–Crippen LogP) is 4.98. The fourth-order valence-electron chi connectivity index (χ4n) is 7.81. The van der Waals surface area contributed by atoms with Crippen molar-refractivity contribution in [1.29, 1.82) is 0 Å². The number of nitrogens with one attached hydrogen (secondary N) is 3. The number of rotatable bonds is 8. The summed E-state index contributed by atoms with van der Waals surface area (Å²) in [5.41, 5.74) is -6.23. The van der Waals surface area contributed by atoms with E-state index in [-0.39, 0.29) is 42.5 Å². The van der Waals surface area contributed by atoms with Gasteiger partial charge in [0.15, 0.2) is 0 Å². The molecule has 3 saturated carbocycles. The molecule has 3 heterocycles. The number of fused-ring (bicyclic) bond motifs is 3. The maximum atomic E-state index is 14.5. The van der Waals surface area contributed by atoms with E-state index in [1.165, 1.54) is 32.2 Å². The molecule has 15 nitrogen and oxygen atoms in total. The molecule has 22 heteroatoms. The number of alkyl carbamates (subject to hydrolysis) is 1. The summed E-state index contributed by atoms with van der Waals surface area (Å²) in [6.07, 6.45) is -8.50. The molecule has 0 unspecified atom stereocenters. The quantitative estimate of drug-likeness (QED) is 0.239. The van der Waals surface area contributed by atoms with Gasteiger partial charge in [0.2, 0.25) is 39.0 Å². The summed E-state index contributed by atoms with van der Waals surface area (Å²) in [6.45, 7) is 0.888. The predicted molar refractivity (Wildman–Crippen MR) is 198 cm³/mol. The van der Waals surface area contributed by atoms with Gasteiger partial charge in [-0.1, -0.05) is 25.0 Å². The highest BCUT2D eigenvalue weighted by atomic mass is 32.2. The van der Waals surface area contributed by atoms with Gasteiger partial charge in [0, 0.05) is 18.4 Å². The topological polar surface area (TPSA) is 195 Å². The third-order valence-electron chi connectivity index (χ3n) is 12.1. The van der Waals surface area contributed by atoms with Crippen molar-refractivity contribution < 1.29 is 68.1 Å². The van der Waals surface area contributed by atoms with Crippen LogP contribution in [0.3, 0.4) is 0 Å². The van der Waals surface area contributed by atoms with E-state index < -0.39 is 124 Å². The number of benzene rings is 1. The van der Waals surface area contributed by atoms with E-state index >= 15 is 0 Å². The van der Waals surface area contributed by atoms with Gasteiger partial charge in [-0.2, -0.15) is 26.3 Å². The molecule has 328 valence electrons. The molecule has 2 aliphatic heterocycles. The Hall–Kier alpha value is -4.89. The molecule has 1 saturated heterocycles. The van der Waals surface area contributed by atoms with Crippen molar-refractivity contribution >= 4 is 44.9 Å². The molecule has 4 fully saturated rings. The Morgan fingerprint density at radius 3 is 2.35 bits per heavy atom. The lowest BCUT2D eigenvalue weighted by Gasteiger charge is -2.42. The van der Waals surface area contributed by atoms with Crippen molar-refractivity contribution in [1.82, 2.24) is 30.2 Å². The lowest BCUT2D eigenvalue weighted by molar-refractivity contribution is -0.284. The SMILES string of the molecule is COc1ccc2nc(C(F)(F)F)c(O[C@@H]3C[C@H]4C(=O)N[C@]5(C(=O)NS(=O)(=O)C6(C)CC6)C[C@H]5/C=C\CCCCC[C@H](NC(=O)OC5(C(F)(F)F)CCC5)C(=O)N4C3)nc2c1. The van der Waals surface area contributed by atoms with Gasteiger partial charge in [-0.25, -0.2) is 23.2 Å². The van der Waals surface area contributed by atoms with Crippen LogP contribution in [0.1, 0.15) is 89.7 Å². The Labute approximate surface area is 340 Å². The Kier molecular flexibility index (Phi) is 11.2. The normalized spacial score (nSPS) is 28.4. The molecule has 0 bridgehead atoms. The number of methoxy groups -OCH3 is 1. The van der Waals surface area contributed by atoms with Crippen molar-refractivity contribution in [3.05, 3.63) is 36.0 Å². The van der Waals surface area contributed by atoms with Gasteiger partial charge in [-0.05, 0) is 76.8 Å². The molecule has 2 aromatic rings. The standard InChI is InChI=1S/C38H44F6N6O9S/c1-34(15-16-34)60(55,56)49-32(53)36-19-21(36)9-6-4-3-5-7-10-25(47-33(54)59-35(13-8-14-35)38(42,43)44)31(52)50-20-23(18-27(50)29(51)48-36)58-30-28(37(39,40)41)45-24-12-11-22(57-2)17-26(24)46-30/h6,9,11-12,17,21,23,25,27H,3-5,7-8,10,13-16,18-20H2,1-2H3,(H,47,54)(H,48,51)(H,49,53)/b9-6-/t21-,23-,25+,27+,36-/m1/s1. The van der Waals surface area contributed by atoms with Crippen LogP contribution in [0.5, 0.6) is 11.6 Å². The second-order valence-electron chi connectivity index (χ2n) is 16.4. The highest BCUT2D eigenvalue weighted by Crippen LogP contribution is 2.49. The van der Waals surface area contributed by atoms with Crippen molar-refractivity contribution in [3.63, 3.8) is 0 Å². The summed E-state index contributed by atoms with van der Waals surface area (Å²) >= 11 is 0. The molecule has 1 aromatic heterocycles.